The molecule has 1 aromatic carbocycles. The molecular weight excluding hydrogens is 254 g/mol. The average molecular weight is 273 g/mol. The lowest BCUT2D eigenvalue weighted by atomic mass is 10.1. The minimum absolute atomic E-state index is 0.689. The molecule has 0 amide bonds. The summed E-state index contributed by atoms with van der Waals surface area (Å²) in [5, 5.41) is 4.13. The molecule has 0 saturated heterocycles. The molecule has 0 aliphatic heterocycles. The maximum Gasteiger partial charge on any atom is 0.229 e. The minimum atomic E-state index is -1.15. The Morgan fingerprint density at radius 3 is 2.68 bits per heavy atom. The molecule has 4 nitrogen and oxygen atoms in total. The minimum Gasteiger partial charge on any atom is -0.547 e. The van der Waals surface area contributed by atoms with E-state index in [1.807, 2.05) is 43.5 Å². The predicted molar refractivity (Wildman–Crippen MR) is 81.2 cm³/mol. The van der Waals surface area contributed by atoms with Crippen LogP contribution in [0.2, 0.25) is 13.1 Å². The van der Waals surface area contributed by atoms with Gasteiger partial charge in [-0.1, -0.05) is 12.1 Å². The number of benzene rings is 1. The van der Waals surface area contributed by atoms with Crippen molar-refractivity contribution in [3.05, 3.63) is 47.8 Å². The van der Waals surface area contributed by atoms with E-state index in [1.54, 1.807) is 10.9 Å². The van der Waals surface area contributed by atoms with Gasteiger partial charge in [-0.05, 0) is 37.4 Å². The van der Waals surface area contributed by atoms with Crippen molar-refractivity contribution >= 4 is 20.8 Å². The van der Waals surface area contributed by atoms with Gasteiger partial charge in [-0.15, -0.1) is 0 Å². The fraction of sp³-hybridized carbons (Fsp3) is 0.214. The van der Waals surface area contributed by atoms with E-state index < -0.39 is 9.04 Å². The molecule has 0 bridgehead atoms. The summed E-state index contributed by atoms with van der Waals surface area (Å²) in [7, 11) is 0.742. The highest BCUT2D eigenvalue weighted by Gasteiger charge is 2.08. The van der Waals surface area contributed by atoms with Crippen LogP contribution < -0.4 is 10.2 Å². The SMILES string of the molecule is Cn1nccc1/C=C(\N)c1ccccc1O[SiH](C)C. The first-order valence-electron chi connectivity index (χ1n) is 6.29. The van der Waals surface area contributed by atoms with Gasteiger partial charge in [0.25, 0.3) is 0 Å². The molecule has 0 radical (unpaired) electrons. The molecule has 0 aliphatic carbocycles. The largest absolute Gasteiger partial charge is 0.547 e. The van der Waals surface area contributed by atoms with Crippen molar-refractivity contribution in [3.8, 4) is 5.75 Å². The van der Waals surface area contributed by atoms with Crippen molar-refractivity contribution in [2.75, 3.05) is 0 Å². The van der Waals surface area contributed by atoms with Crippen LogP contribution in [0.4, 0.5) is 0 Å². The number of hydrogen-bond donors (Lipinski definition) is 1. The summed E-state index contributed by atoms with van der Waals surface area (Å²) in [6.45, 7) is 4.27. The standard InChI is InChI=1S/C14H19N3OSi/c1-17-11(8-9-16-17)10-13(15)12-6-4-5-7-14(12)18-19(2)3/h4-10,19H,15H2,1-3H3/b13-10-. The highest BCUT2D eigenvalue weighted by Crippen LogP contribution is 2.24. The summed E-state index contributed by atoms with van der Waals surface area (Å²) in [5.74, 6) is 0.861. The van der Waals surface area contributed by atoms with Gasteiger partial charge in [-0.3, -0.25) is 4.68 Å². The summed E-state index contributed by atoms with van der Waals surface area (Å²) >= 11 is 0. The molecule has 0 spiro atoms. The Morgan fingerprint density at radius 2 is 2.05 bits per heavy atom. The average Bonchev–Trinajstić information content (AvgIpc) is 2.75. The Morgan fingerprint density at radius 1 is 1.32 bits per heavy atom. The summed E-state index contributed by atoms with van der Waals surface area (Å²) in [5.41, 5.74) is 8.78. The van der Waals surface area contributed by atoms with Crippen LogP contribution in [0, 0.1) is 0 Å². The van der Waals surface area contributed by atoms with Crippen LogP contribution in [0.5, 0.6) is 5.75 Å². The van der Waals surface area contributed by atoms with Crippen molar-refractivity contribution in [1.82, 2.24) is 9.78 Å². The molecule has 0 atom stereocenters. The molecule has 0 saturated carbocycles. The Kier molecular flexibility index (Phi) is 4.06. The third-order valence-corrected chi connectivity index (χ3v) is 3.45. The van der Waals surface area contributed by atoms with E-state index in [1.165, 1.54) is 0 Å². The van der Waals surface area contributed by atoms with Crippen LogP contribution in [0.15, 0.2) is 36.5 Å². The second-order valence-electron chi connectivity index (χ2n) is 4.64. The molecule has 0 fully saturated rings. The normalized spacial score (nSPS) is 11.9. The zero-order chi connectivity index (χ0) is 13.8. The van der Waals surface area contributed by atoms with Crippen LogP contribution in [0.1, 0.15) is 11.3 Å². The first kappa shape index (κ1) is 13.4. The summed E-state index contributed by atoms with van der Waals surface area (Å²) in [6.07, 6.45) is 3.67. The van der Waals surface area contributed by atoms with Crippen molar-refractivity contribution in [1.29, 1.82) is 0 Å². The topological polar surface area (TPSA) is 53.1 Å². The Balaban J connectivity index is 2.36. The van der Waals surface area contributed by atoms with Crippen LogP contribution >= 0.6 is 0 Å². The van der Waals surface area contributed by atoms with E-state index in [4.69, 9.17) is 10.2 Å². The number of hydrogen-bond acceptors (Lipinski definition) is 3. The highest BCUT2D eigenvalue weighted by atomic mass is 28.3. The fourth-order valence-electron chi connectivity index (χ4n) is 1.82. The van der Waals surface area contributed by atoms with E-state index in [0.29, 0.717) is 5.70 Å². The van der Waals surface area contributed by atoms with E-state index in [2.05, 4.69) is 18.2 Å². The van der Waals surface area contributed by atoms with E-state index >= 15 is 0 Å². The first-order chi connectivity index (χ1) is 9.08. The summed E-state index contributed by atoms with van der Waals surface area (Å²) in [4.78, 5) is 0. The molecule has 0 unspecified atom stereocenters. The zero-order valence-corrected chi connectivity index (χ0v) is 12.7. The molecule has 2 aromatic rings. The van der Waals surface area contributed by atoms with Gasteiger partial charge in [0.05, 0.1) is 5.69 Å². The Labute approximate surface area is 115 Å². The molecule has 2 N–H and O–H groups in total. The number of aryl methyl sites for hydroxylation is 1. The van der Waals surface area contributed by atoms with Crippen LogP contribution in [0.3, 0.4) is 0 Å². The Bertz CT molecular complexity index is 590. The quantitative estimate of drug-likeness (QED) is 0.869. The third kappa shape index (κ3) is 3.26. The lowest BCUT2D eigenvalue weighted by Gasteiger charge is -2.14. The van der Waals surface area contributed by atoms with Crippen molar-refractivity contribution in [2.24, 2.45) is 12.8 Å². The Hall–Kier alpha value is -2.01. The smallest absolute Gasteiger partial charge is 0.229 e. The second kappa shape index (κ2) is 5.75. The van der Waals surface area contributed by atoms with E-state index in [-0.39, 0.29) is 0 Å². The summed E-state index contributed by atoms with van der Waals surface area (Å²) < 4.78 is 7.70. The molecule has 0 aliphatic rings. The maximum absolute atomic E-state index is 6.19. The molecule has 1 aromatic heterocycles. The van der Waals surface area contributed by atoms with Gasteiger partial charge in [0.15, 0.2) is 0 Å². The van der Waals surface area contributed by atoms with Gasteiger partial charge < -0.3 is 10.2 Å². The highest BCUT2D eigenvalue weighted by molar-refractivity contribution is 6.49. The van der Waals surface area contributed by atoms with Gasteiger partial charge in [0, 0.05) is 24.5 Å². The van der Waals surface area contributed by atoms with Crippen molar-refractivity contribution in [2.45, 2.75) is 13.1 Å². The van der Waals surface area contributed by atoms with Crippen LogP contribution in [-0.2, 0) is 7.05 Å². The van der Waals surface area contributed by atoms with Crippen LogP contribution in [0.25, 0.3) is 11.8 Å². The van der Waals surface area contributed by atoms with E-state index in [0.717, 1.165) is 17.0 Å². The molecule has 19 heavy (non-hydrogen) atoms. The number of para-hydroxylation sites is 1. The van der Waals surface area contributed by atoms with Gasteiger partial charge in [-0.2, -0.15) is 5.10 Å². The number of nitrogens with two attached hydrogens (primary N) is 1. The lowest BCUT2D eigenvalue weighted by Crippen LogP contribution is -2.13. The molecule has 1 heterocycles. The number of rotatable bonds is 4. The van der Waals surface area contributed by atoms with Crippen molar-refractivity contribution < 1.29 is 4.43 Å². The third-order valence-electron chi connectivity index (χ3n) is 2.72. The van der Waals surface area contributed by atoms with Gasteiger partial charge in [-0.25, -0.2) is 0 Å². The maximum atomic E-state index is 6.19. The van der Waals surface area contributed by atoms with Crippen molar-refractivity contribution in [3.63, 3.8) is 0 Å². The first-order valence-corrected chi connectivity index (χ1v) is 9.07. The molecular formula is C14H19N3OSi. The fourth-order valence-corrected chi connectivity index (χ4v) is 2.54. The second-order valence-corrected chi connectivity index (χ2v) is 6.98. The summed E-state index contributed by atoms with van der Waals surface area (Å²) in [6, 6.07) is 9.80. The van der Waals surface area contributed by atoms with Gasteiger partial charge in [0.2, 0.25) is 9.04 Å². The predicted octanol–water partition coefficient (Wildman–Crippen LogP) is 2.24. The number of aromatic nitrogens is 2. The zero-order valence-electron chi connectivity index (χ0n) is 11.5. The van der Waals surface area contributed by atoms with E-state index in [9.17, 15) is 0 Å². The monoisotopic (exact) mass is 273 g/mol. The molecule has 5 heteroatoms. The lowest BCUT2D eigenvalue weighted by molar-refractivity contribution is 0.578. The van der Waals surface area contributed by atoms with Gasteiger partial charge >= 0.3 is 0 Å². The number of nitrogens with zero attached hydrogens (tertiary/aromatic N) is 2. The molecule has 2 rings (SSSR count). The molecule has 100 valence electrons. The van der Waals surface area contributed by atoms with Gasteiger partial charge in [0.1, 0.15) is 5.75 Å². The van der Waals surface area contributed by atoms with Crippen LogP contribution in [-0.4, -0.2) is 18.8 Å².